The van der Waals surface area contributed by atoms with Gasteiger partial charge in [-0.15, -0.1) is 0 Å². The van der Waals surface area contributed by atoms with Crippen LogP contribution in [-0.4, -0.2) is 45.8 Å². The molecule has 0 saturated carbocycles. The summed E-state index contributed by atoms with van der Waals surface area (Å²) in [5, 5.41) is 23.7. The summed E-state index contributed by atoms with van der Waals surface area (Å²) < 4.78 is 5.38. The van der Waals surface area contributed by atoms with Crippen LogP contribution in [-0.2, 0) is 17.6 Å². The molecule has 4 N–H and O–H groups in total. The van der Waals surface area contributed by atoms with Gasteiger partial charge in [0.1, 0.15) is 11.4 Å². The summed E-state index contributed by atoms with van der Waals surface area (Å²) in [6.45, 7) is -0.451. The molecule has 29 heavy (non-hydrogen) atoms. The number of ether oxygens (including phenoxy) is 1. The molecule has 8 heteroatoms. The van der Waals surface area contributed by atoms with E-state index in [1.165, 1.54) is 0 Å². The Morgan fingerprint density at radius 2 is 2.03 bits per heavy atom. The monoisotopic (exact) mass is 414 g/mol. The van der Waals surface area contributed by atoms with Gasteiger partial charge in [0.05, 0.1) is 12.1 Å². The second-order valence-corrected chi connectivity index (χ2v) is 7.48. The minimum atomic E-state index is -1.07. The topological polar surface area (TPSA) is 112 Å². The first-order valence-corrected chi connectivity index (χ1v) is 9.51. The number of carboxylic acids is 1. The lowest BCUT2D eigenvalue weighted by molar-refractivity contribution is -0.139. The summed E-state index contributed by atoms with van der Waals surface area (Å²) in [4.78, 5) is 26.6. The number of halogens is 1. The van der Waals surface area contributed by atoms with E-state index in [1.807, 2.05) is 6.07 Å². The predicted octanol–water partition coefficient (Wildman–Crippen LogP) is 2.54. The predicted molar refractivity (Wildman–Crippen MR) is 108 cm³/mol. The number of carbonyl (C=O) groups excluding carboxylic acids is 1. The Hall–Kier alpha value is -3.03. The third-order valence-corrected chi connectivity index (χ3v) is 5.28. The molecule has 1 aromatic heterocycles. The summed E-state index contributed by atoms with van der Waals surface area (Å²) in [5.41, 5.74) is 2.84. The summed E-state index contributed by atoms with van der Waals surface area (Å²) in [5.74, 6) is -0.952. The van der Waals surface area contributed by atoms with Crippen molar-refractivity contribution in [2.45, 2.75) is 25.0 Å². The molecular weight excluding hydrogens is 396 g/mol. The van der Waals surface area contributed by atoms with Crippen LogP contribution in [0.4, 0.5) is 0 Å². The van der Waals surface area contributed by atoms with Gasteiger partial charge < -0.3 is 25.3 Å². The molecule has 2 aromatic carbocycles. The molecule has 150 valence electrons. The minimum Gasteiger partial charge on any atom is -0.482 e. The van der Waals surface area contributed by atoms with E-state index < -0.39 is 24.7 Å². The highest BCUT2D eigenvalue weighted by Gasteiger charge is 2.30. The van der Waals surface area contributed by atoms with Gasteiger partial charge in [-0.25, -0.2) is 4.79 Å². The number of nitrogens with one attached hydrogen (secondary N) is 2. The Morgan fingerprint density at radius 3 is 2.83 bits per heavy atom. The Bertz CT molecular complexity index is 1090. The number of carbonyl (C=O) groups is 2. The third-order valence-electron chi connectivity index (χ3n) is 5.04. The Balaban J connectivity index is 1.53. The molecule has 1 aliphatic carbocycles. The van der Waals surface area contributed by atoms with Crippen molar-refractivity contribution in [3.8, 4) is 5.75 Å². The molecule has 7 nitrogen and oxygen atoms in total. The number of aliphatic hydroxyl groups is 1. The standard InChI is InChI=1S/C21H19ClN2O5/c22-13-4-5-15-12(6-13)7-17(23-15)21(28)24-16-9-14-11(8-18(16)25)2-1-3-19(14)29-10-20(26)27/h1-7,16,18,23,25H,8-10H2,(H,24,28)(H,26,27). The van der Waals surface area contributed by atoms with Gasteiger partial charge in [-0.05, 0) is 47.9 Å². The van der Waals surface area contributed by atoms with Crippen LogP contribution >= 0.6 is 11.6 Å². The fourth-order valence-electron chi connectivity index (χ4n) is 3.65. The maximum atomic E-state index is 12.7. The van der Waals surface area contributed by atoms with Crippen molar-refractivity contribution in [2.75, 3.05) is 6.61 Å². The number of carboxylic acid groups (broad SMARTS) is 1. The number of fused-ring (bicyclic) bond motifs is 2. The average Bonchev–Trinajstić information content (AvgIpc) is 3.10. The first kappa shape index (κ1) is 19.3. The molecule has 0 bridgehead atoms. The van der Waals surface area contributed by atoms with E-state index >= 15 is 0 Å². The number of amides is 1. The largest absolute Gasteiger partial charge is 0.482 e. The molecule has 0 radical (unpaired) electrons. The molecule has 3 aromatic rings. The molecule has 0 fully saturated rings. The Labute approximate surface area is 171 Å². The number of aromatic nitrogens is 1. The lowest BCUT2D eigenvalue weighted by atomic mass is 9.85. The van der Waals surface area contributed by atoms with Gasteiger partial charge in [0, 0.05) is 22.3 Å². The molecule has 0 aliphatic heterocycles. The molecule has 1 heterocycles. The van der Waals surface area contributed by atoms with Crippen molar-refractivity contribution >= 4 is 34.4 Å². The number of aliphatic hydroxyl groups excluding tert-OH is 1. The second-order valence-electron chi connectivity index (χ2n) is 7.05. The molecule has 1 amide bonds. The van der Waals surface area contributed by atoms with Gasteiger partial charge in [-0.2, -0.15) is 0 Å². The molecule has 2 unspecified atom stereocenters. The van der Waals surface area contributed by atoms with Crippen LogP contribution in [0.5, 0.6) is 5.75 Å². The maximum absolute atomic E-state index is 12.7. The SMILES string of the molecule is O=C(O)COc1cccc2c1CC(NC(=O)c1cc3cc(Cl)ccc3[nH]1)C(O)C2. The van der Waals surface area contributed by atoms with E-state index in [1.54, 1.807) is 36.4 Å². The van der Waals surface area contributed by atoms with Crippen LogP contribution in [0.25, 0.3) is 10.9 Å². The fourth-order valence-corrected chi connectivity index (χ4v) is 3.83. The van der Waals surface area contributed by atoms with Gasteiger partial charge >= 0.3 is 5.97 Å². The normalized spacial score (nSPS) is 18.3. The summed E-state index contributed by atoms with van der Waals surface area (Å²) in [7, 11) is 0. The molecule has 4 rings (SSSR count). The van der Waals surface area contributed by atoms with Crippen molar-refractivity contribution in [3.05, 3.63) is 64.3 Å². The van der Waals surface area contributed by atoms with Crippen LogP contribution in [0.3, 0.4) is 0 Å². The third kappa shape index (κ3) is 4.06. The van der Waals surface area contributed by atoms with E-state index in [-0.39, 0.29) is 5.91 Å². The van der Waals surface area contributed by atoms with E-state index in [2.05, 4.69) is 10.3 Å². The van der Waals surface area contributed by atoms with E-state index in [0.717, 1.165) is 22.0 Å². The van der Waals surface area contributed by atoms with Crippen molar-refractivity contribution in [2.24, 2.45) is 0 Å². The number of benzene rings is 2. The van der Waals surface area contributed by atoms with Gasteiger partial charge in [-0.1, -0.05) is 23.7 Å². The Morgan fingerprint density at radius 1 is 1.21 bits per heavy atom. The van der Waals surface area contributed by atoms with E-state index in [4.69, 9.17) is 21.4 Å². The highest BCUT2D eigenvalue weighted by atomic mass is 35.5. The van der Waals surface area contributed by atoms with Crippen LogP contribution < -0.4 is 10.1 Å². The summed E-state index contributed by atoms with van der Waals surface area (Å²) in [6, 6.07) is 11.8. The number of H-pyrrole nitrogens is 1. The van der Waals surface area contributed by atoms with Gasteiger partial charge in [0.2, 0.25) is 0 Å². The van der Waals surface area contributed by atoms with Crippen molar-refractivity contribution in [1.29, 1.82) is 0 Å². The number of aromatic amines is 1. The van der Waals surface area contributed by atoms with E-state index in [0.29, 0.717) is 29.3 Å². The van der Waals surface area contributed by atoms with Gasteiger partial charge in [-0.3, -0.25) is 4.79 Å². The lowest BCUT2D eigenvalue weighted by Gasteiger charge is -2.31. The van der Waals surface area contributed by atoms with Gasteiger partial charge in [0.25, 0.3) is 5.91 Å². The zero-order valence-electron chi connectivity index (χ0n) is 15.3. The quantitative estimate of drug-likeness (QED) is 0.512. The highest BCUT2D eigenvalue weighted by molar-refractivity contribution is 6.31. The summed E-state index contributed by atoms with van der Waals surface area (Å²) >= 11 is 5.99. The second kappa shape index (κ2) is 7.77. The minimum absolute atomic E-state index is 0.337. The van der Waals surface area contributed by atoms with Crippen LogP contribution in [0.1, 0.15) is 21.6 Å². The van der Waals surface area contributed by atoms with Crippen molar-refractivity contribution in [3.63, 3.8) is 0 Å². The lowest BCUT2D eigenvalue weighted by Crippen LogP contribution is -2.48. The number of rotatable bonds is 5. The van der Waals surface area contributed by atoms with Crippen molar-refractivity contribution in [1.82, 2.24) is 10.3 Å². The summed E-state index contributed by atoms with van der Waals surface area (Å²) in [6.07, 6.45) is -0.0864. The molecular formula is C21H19ClN2O5. The number of aliphatic carboxylic acids is 1. The number of hydrogen-bond donors (Lipinski definition) is 4. The maximum Gasteiger partial charge on any atom is 0.341 e. The van der Waals surface area contributed by atoms with Crippen LogP contribution in [0.15, 0.2) is 42.5 Å². The number of hydrogen-bond acceptors (Lipinski definition) is 4. The smallest absolute Gasteiger partial charge is 0.341 e. The molecule has 2 atom stereocenters. The zero-order chi connectivity index (χ0) is 20.5. The zero-order valence-corrected chi connectivity index (χ0v) is 16.1. The fraction of sp³-hybridized carbons (Fsp3) is 0.238. The molecule has 0 saturated heterocycles. The van der Waals surface area contributed by atoms with Crippen LogP contribution in [0, 0.1) is 0 Å². The molecule has 1 aliphatic rings. The first-order valence-electron chi connectivity index (χ1n) is 9.13. The van der Waals surface area contributed by atoms with Gasteiger partial charge in [0.15, 0.2) is 6.61 Å². The average molecular weight is 415 g/mol. The molecule has 0 spiro atoms. The Kier molecular flexibility index (Phi) is 5.17. The van der Waals surface area contributed by atoms with Crippen LogP contribution in [0.2, 0.25) is 5.02 Å². The van der Waals surface area contributed by atoms with Crippen molar-refractivity contribution < 1.29 is 24.5 Å². The van der Waals surface area contributed by atoms with E-state index in [9.17, 15) is 14.7 Å². The highest BCUT2D eigenvalue weighted by Crippen LogP contribution is 2.30. The first-order chi connectivity index (χ1) is 13.9.